The number of carbonyl (C=O) groups is 4. The third-order valence-corrected chi connectivity index (χ3v) is 10.3. The Morgan fingerprint density at radius 1 is 1.00 bits per heavy atom. The second kappa shape index (κ2) is 10.7. The molecular weight excluding hydrogens is 552 g/mol. The Hall–Kier alpha value is -3.30. The molecule has 0 spiro atoms. The van der Waals surface area contributed by atoms with Crippen LogP contribution in [-0.2, 0) is 33.3 Å². The Labute approximate surface area is 252 Å². The largest absolute Gasteiger partial charge is 0.461 e. The number of fused-ring (bicyclic) bond motifs is 1. The molecule has 43 heavy (non-hydrogen) atoms. The third kappa shape index (κ3) is 4.85. The van der Waals surface area contributed by atoms with Crippen LogP contribution in [-0.4, -0.2) is 64.4 Å². The first kappa shape index (κ1) is 31.1. The number of ketones is 1. The van der Waals surface area contributed by atoms with Crippen molar-refractivity contribution >= 4 is 23.7 Å². The van der Waals surface area contributed by atoms with Crippen molar-refractivity contribution in [2.24, 2.45) is 29.1 Å². The van der Waals surface area contributed by atoms with Crippen molar-refractivity contribution in [1.29, 1.82) is 0 Å². The summed E-state index contributed by atoms with van der Waals surface area (Å²) in [6.07, 6.45) is -0.327. The van der Waals surface area contributed by atoms with Gasteiger partial charge in [-0.2, -0.15) is 0 Å². The molecule has 3 aliphatic carbocycles. The highest BCUT2D eigenvalue weighted by atomic mass is 16.7. The van der Waals surface area contributed by atoms with Crippen LogP contribution in [0.25, 0.3) is 0 Å². The van der Waals surface area contributed by atoms with Gasteiger partial charge in [0.25, 0.3) is 0 Å². The second-order valence-corrected chi connectivity index (χ2v) is 13.4. The van der Waals surface area contributed by atoms with E-state index < -0.39 is 70.8 Å². The highest BCUT2D eigenvalue weighted by molar-refractivity contribution is 5.96. The van der Waals surface area contributed by atoms with Gasteiger partial charge in [-0.3, -0.25) is 9.59 Å². The van der Waals surface area contributed by atoms with Gasteiger partial charge in [-0.1, -0.05) is 52.0 Å². The number of hydrogen-bond donors (Lipinski definition) is 1. The summed E-state index contributed by atoms with van der Waals surface area (Å²) < 4.78 is 24.3. The fourth-order valence-corrected chi connectivity index (χ4v) is 7.79. The molecule has 5 rings (SSSR count). The third-order valence-electron chi connectivity index (χ3n) is 10.3. The Kier molecular flexibility index (Phi) is 7.75. The molecule has 0 unspecified atom stereocenters. The van der Waals surface area contributed by atoms with Crippen LogP contribution in [0, 0.1) is 29.1 Å². The molecule has 0 radical (unpaired) electrons. The van der Waals surface area contributed by atoms with E-state index in [-0.39, 0.29) is 24.0 Å². The minimum absolute atomic E-state index is 0.246. The molecule has 9 nitrogen and oxygen atoms in total. The molecule has 1 heterocycles. The summed E-state index contributed by atoms with van der Waals surface area (Å²) >= 11 is 0. The summed E-state index contributed by atoms with van der Waals surface area (Å²) in [5, 5.41) is 11.8. The lowest BCUT2D eigenvalue weighted by atomic mass is 9.80. The Morgan fingerprint density at radius 3 is 2.23 bits per heavy atom. The lowest BCUT2D eigenvalue weighted by Gasteiger charge is -2.28. The lowest BCUT2D eigenvalue weighted by Crippen LogP contribution is -2.43. The van der Waals surface area contributed by atoms with E-state index in [0.717, 1.165) is 0 Å². The van der Waals surface area contributed by atoms with Crippen LogP contribution in [0.3, 0.4) is 0 Å². The highest BCUT2D eigenvalue weighted by Gasteiger charge is 2.84. The number of hydrogen-bond acceptors (Lipinski definition) is 9. The van der Waals surface area contributed by atoms with Gasteiger partial charge in [0.1, 0.15) is 24.4 Å². The number of aliphatic hydroxyl groups excluding tert-OH is 1. The van der Waals surface area contributed by atoms with E-state index in [2.05, 4.69) is 0 Å². The zero-order chi connectivity index (χ0) is 31.6. The first-order valence-electron chi connectivity index (χ1n) is 15.0. The van der Waals surface area contributed by atoms with Crippen LogP contribution in [0.15, 0.2) is 53.6 Å². The summed E-state index contributed by atoms with van der Waals surface area (Å²) in [7, 11) is 0. The molecule has 0 amide bonds. The molecule has 3 fully saturated rings. The number of rotatable bonds is 5. The van der Waals surface area contributed by atoms with E-state index in [1.807, 2.05) is 20.8 Å². The zero-order valence-corrected chi connectivity index (χ0v) is 26.1. The molecule has 1 aromatic carbocycles. The van der Waals surface area contributed by atoms with Crippen LogP contribution >= 0.6 is 0 Å². The van der Waals surface area contributed by atoms with Gasteiger partial charge in [-0.25, -0.2) is 9.59 Å². The number of Topliss-reactive ketones (excluding diaryl/α,β-unsaturated/α-hetero) is 1. The van der Waals surface area contributed by atoms with E-state index >= 15 is 0 Å². The maximum Gasteiger partial charge on any atom is 0.338 e. The molecule has 1 saturated heterocycles. The number of esters is 3. The van der Waals surface area contributed by atoms with Gasteiger partial charge >= 0.3 is 17.9 Å². The van der Waals surface area contributed by atoms with Crippen molar-refractivity contribution in [2.75, 3.05) is 0 Å². The van der Waals surface area contributed by atoms with Gasteiger partial charge in [0.15, 0.2) is 17.0 Å². The number of benzene rings is 1. The number of epoxide rings is 1. The predicted molar refractivity (Wildman–Crippen MR) is 156 cm³/mol. The topological polar surface area (TPSA) is 129 Å². The van der Waals surface area contributed by atoms with Gasteiger partial charge in [0, 0.05) is 24.3 Å². The standard InChI is InChI=1S/C34H42O9/c1-9-17(2)30(38)41-27-24-23(32(24,7)8)26(40-21(6)35)20(5)28(37)33-16-19(4)29(34(33,43-33)15-18(3)25(27)36)42-31(39)22-13-11-10-12-14-22/h9-15,19-20,23-27,29,36H,16H2,1-8H3/b17-9+,18-15+/t19-,20-,23+,24-,25-,26-,27+,29+,33+,34+/m1/s1. The zero-order valence-electron chi connectivity index (χ0n) is 26.1. The molecule has 1 aromatic rings. The van der Waals surface area contributed by atoms with E-state index in [1.165, 1.54) is 6.92 Å². The van der Waals surface area contributed by atoms with Crippen LogP contribution in [0.5, 0.6) is 0 Å². The van der Waals surface area contributed by atoms with Crippen LogP contribution in [0.2, 0.25) is 0 Å². The quantitative estimate of drug-likeness (QED) is 0.174. The fourth-order valence-electron chi connectivity index (χ4n) is 7.79. The maximum absolute atomic E-state index is 14.5. The molecule has 10 atom stereocenters. The summed E-state index contributed by atoms with van der Waals surface area (Å²) in [6.45, 7) is 13.9. The number of carbonyl (C=O) groups excluding carboxylic acids is 4. The fraction of sp³-hybridized carbons (Fsp3) is 0.588. The average molecular weight is 595 g/mol. The Morgan fingerprint density at radius 2 is 1.63 bits per heavy atom. The van der Waals surface area contributed by atoms with E-state index in [1.54, 1.807) is 70.2 Å². The first-order valence-corrected chi connectivity index (χ1v) is 15.0. The van der Waals surface area contributed by atoms with Crippen molar-refractivity contribution in [3.05, 3.63) is 59.2 Å². The minimum atomic E-state index is -1.34. The second-order valence-electron chi connectivity index (χ2n) is 13.4. The molecule has 232 valence electrons. The first-order chi connectivity index (χ1) is 20.1. The summed E-state index contributed by atoms with van der Waals surface area (Å²) in [6, 6.07) is 8.58. The van der Waals surface area contributed by atoms with Gasteiger partial charge in [-0.15, -0.1) is 0 Å². The number of ether oxygens (including phenoxy) is 4. The monoisotopic (exact) mass is 594 g/mol. The summed E-state index contributed by atoms with van der Waals surface area (Å²) in [5.74, 6) is -3.73. The van der Waals surface area contributed by atoms with Crippen LogP contribution in [0.4, 0.5) is 0 Å². The van der Waals surface area contributed by atoms with Crippen molar-refractivity contribution in [1.82, 2.24) is 0 Å². The minimum Gasteiger partial charge on any atom is -0.461 e. The predicted octanol–water partition coefficient (Wildman–Crippen LogP) is 4.37. The number of aliphatic hydroxyl groups is 1. The normalized spacial score (nSPS) is 40.8. The van der Waals surface area contributed by atoms with Gasteiger partial charge < -0.3 is 24.1 Å². The molecule has 9 heteroatoms. The van der Waals surface area contributed by atoms with Crippen molar-refractivity contribution < 1.29 is 43.2 Å². The molecule has 0 bridgehead atoms. The van der Waals surface area contributed by atoms with Crippen molar-refractivity contribution in [3.8, 4) is 0 Å². The average Bonchev–Trinajstić information content (AvgIpc) is 3.76. The Bertz CT molecular complexity index is 1390. The van der Waals surface area contributed by atoms with E-state index in [4.69, 9.17) is 18.9 Å². The van der Waals surface area contributed by atoms with Gasteiger partial charge in [0.05, 0.1) is 11.5 Å². The number of allylic oxidation sites excluding steroid dienone is 1. The molecular formula is C34H42O9. The van der Waals surface area contributed by atoms with Crippen molar-refractivity contribution in [3.63, 3.8) is 0 Å². The molecule has 2 saturated carbocycles. The smallest absolute Gasteiger partial charge is 0.338 e. The van der Waals surface area contributed by atoms with Crippen molar-refractivity contribution in [2.45, 2.75) is 97.4 Å². The SMILES string of the molecule is C/C=C(\C)C(=O)O[C@H]1[C@H]2[C@@H]([C@H](OC(C)=O)[C@@H](C)C(=O)[C@@]34C[C@@H](C)[C@H](OC(=O)c5ccccc5)[C@]3(/C=C(\C)[C@H]1O)O4)C2(C)C. The lowest BCUT2D eigenvalue weighted by molar-refractivity contribution is -0.157. The van der Waals surface area contributed by atoms with Crippen LogP contribution in [0.1, 0.15) is 72.2 Å². The van der Waals surface area contributed by atoms with Gasteiger partial charge in [-0.05, 0) is 62.3 Å². The molecule has 1 N–H and O–H groups in total. The molecule has 0 aromatic heterocycles. The summed E-state index contributed by atoms with van der Waals surface area (Å²) in [5.41, 5.74) is -2.02. The van der Waals surface area contributed by atoms with E-state index in [9.17, 15) is 24.3 Å². The van der Waals surface area contributed by atoms with Gasteiger partial charge in [0.2, 0.25) is 0 Å². The van der Waals surface area contributed by atoms with Crippen LogP contribution < -0.4 is 0 Å². The van der Waals surface area contributed by atoms with E-state index in [0.29, 0.717) is 16.7 Å². The highest BCUT2D eigenvalue weighted by Crippen LogP contribution is 2.68. The molecule has 1 aliphatic heterocycles. The maximum atomic E-state index is 14.5. The summed E-state index contributed by atoms with van der Waals surface area (Å²) in [4.78, 5) is 53.1. The molecule has 4 aliphatic rings. The Balaban J connectivity index is 1.62.